The van der Waals surface area contributed by atoms with Crippen molar-refractivity contribution in [2.24, 2.45) is 12.0 Å². The smallest absolute Gasteiger partial charge is 0.405 e. The van der Waals surface area contributed by atoms with Crippen molar-refractivity contribution < 1.29 is 17.9 Å². The van der Waals surface area contributed by atoms with Crippen LogP contribution in [0.4, 0.5) is 13.2 Å². The normalized spacial score (nSPS) is 12.1. The maximum absolute atomic E-state index is 12.6. The molecule has 0 saturated carbocycles. The maximum Gasteiger partial charge on any atom is 0.573 e. The molecule has 11 heteroatoms. The minimum absolute atomic E-state index is 0.0297. The first-order chi connectivity index (χ1) is 13.8. The summed E-state index contributed by atoms with van der Waals surface area (Å²) < 4.78 is 43.8. The zero-order valence-corrected chi connectivity index (χ0v) is 17.4. The number of para-hydroxylation sites is 1. The zero-order valence-electron chi connectivity index (χ0n) is 16.6. The molecule has 0 aliphatic rings. The minimum atomic E-state index is -4.75. The molecule has 0 spiro atoms. The van der Waals surface area contributed by atoms with Gasteiger partial charge in [0.25, 0.3) is 0 Å². The fourth-order valence-electron chi connectivity index (χ4n) is 2.39. The van der Waals surface area contributed by atoms with Crippen LogP contribution >= 0.6 is 11.8 Å². The fourth-order valence-corrected chi connectivity index (χ4v) is 2.82. The number of ether oxygens (including phenoxy) is 1. The quantitative estimate of drug-likeness (QED) is 0.362. The number of aliphatic imine (C=N–C) groups is 1. The number of hydrogen-bond acceptors (Lipinski definition) is 5. The third-order valence-corrected chi connectivity index (χ3v) is 4.72. The molecule has 7 nitrogen and oxygen atoms in total. The molecule has 0 unspecified atom stereocenters. The van der Waals surface area contributed by atoms with Gasteiger partial charge in [-0.3, -0.25) is 0 Å². The number of halogens is 3. The van der Waals surface area contributed by atoms with Gasteiger partial charge in [0.1, 0.15) is 11.6 Å². The third kappa shape index (κ3) is 7.84. The monoisotopic (exact) mass is 430 g/mol. The first kappa shape index (κ1) is 22.9. The Morgan fingerprint density at radius 3 is 2.66 bits per heavy atom. The first-order valence-electron chi connectivity index (χ1n) is 9.00. The van der Waals surface area contributed by atoms with Crippen molar-refractivity contribution in [2.45, 2.75) is 32.8 Å². The standard InChI is InChI=1S/C18H25F3N6OS/c1-13-25-26-16(27(13)2)12-24-17(22-9-6-10-29-3)23-11-14-7-4-5-8-15(14)28-18(19,20)21/h4-5,7-8H,6,9-12H2,1-3H3,(H2,22,23,24). The molecule has 160 valence electrons. The topological polar surface area (TPSA) is 76.4 Å². The molecule has 0 atom stereocenters. The summed E-state index contributed by atoms with van der Waals surface area (Å²) in [4.78, 5) is 4.42. The number of rotatable bonds is 9. The highest BCUT2D eigenvalue weighted by molar-refractivity contribution is 7.98. The Hall–Kier alpha value is -2.43. The predicted molar refractivity (Wildman–Crippen MR) is 108 cm³/mol. The molecular formula is C18H25F3N6OS. The molecule has 0 saturated heterocycles. The highest BCUT2D eigenvalue weighted by atomic mass is 32.2. The van der Waals surface area contributed by atoms with E-state index in [1.165, 1.54) is 12.1 Å². The molecule has 1 aromatic carbocycles. The molecule has 0 aliphatic carbocycles. The van der Waals surface area contributed by atoms with Crippen LogP contribution in [0.25, 0.3) is 0 Å². The van der Waals surface area contributed by atoms with Gasteiger partial charge >= 0.3 is 6.36 Å². The molecule has 2 aromatic rings. The van der Waals surface area contributed by atoms with Crippen LogP contribution in [0.1, 0.15) is 23.6 Å². The molecule has 0 aliphatic heterocycles. The lowest BCUT2D eigenvalue weighted by molar-refractivity contribution is -0.274. The molecule has 0 bridgehead atoms. The van der Waals surface area contributed by atoms with E-state index in [4.69, 9.17) is 0 Å². The van der Waals surface area contributed by atoms with Gasteiger partial charge < -0.3 is 19.9 Å². The number of guanidine groups is 1. The summed E-state index contributed by atoms with van der Waals surface area (Å²) >= 11 is 1.74. The summed E-state index contributed by atoms with van der Waals surface area (Å²) in [6.07, 6.45) is -1.79. The van der Waals surface area contributed by atoms with E-state index in [1.807, 2.05) is 24.8 Å². The van der Waals surface area contributed by atoms with Crippen molar-refractivity contribution in [1.82, 2.24) is 25.4 Å². The average Bonchev–Trinajstić information content (AvgIpc) is 2.98. The molecular weight excluding hydrogens is 405 g/mol. The van der Waals surface area contributed by atoms with Crippen molar-refractivity contribution in [3.63, 3.8) is 0 Å². The van der Waals surface area contributed by atoms with Crippen LogP contribution < -0.4 is 15.4 Å². The summed E-state index contributed by atoms with van der Waals surface area (Å²) in [5.74, 6) is 2.72. The Morgan fingerprint density at radius 1 is 1.24 bits per heavy atom. The molecule has 0 amide bonds. The Balaban J connectivity index is 2.09. The van der Waals surface area contributed by atoms with Gasteiger partial charge in [0.2, 0.25) is 0 Å². The number of nitrogens with one attached hydrogen (secondary N) is 2. The summed E-state index contributed by atoms with van der Waals surface area (Å²) in [6, 6.07) is 5.97. The lowest BCUT2D eigenvalue weighted by Gasteiger charge is -2.14. The SMILES string of the molecule is CSCCCNC(=NCc1ccccc1OC(F)(F)F)NCc1nnc(C)n1C. The number of nitrogens with zero attached hydrogens (tertiary/aromatic N) is 4. The molecule has 1 aromatic heterocycles. The van der Waals surface area contributed by atoms with Crippen LogP contribution in [-0.2, 0) is 20.1 Å². The Labute approximate surface area is 172 Å². The minimum Gasteiger partial charge on any atom is -0.405 e. The van der Waals surface area contributed by atoms with Gasteiger partial charge in [-0.1, -0.05) is 18.2 Å². The van der Waals surface area contributed by atoms with Crippen LogP contribution in [0.15, 0.2) is 29.3 Å². The van der Waals surface area contributed by atoms with E-state index in [-0.39, 0.29) is 12.3 Å². The van der Waals surface area contributed by atoms with Crippen molar-refractivity contribution in [3.8, 4) is 5.75 Å². The number of alkyl halides is 3. The van der Waals surface area contributed by atoms with Crippen LogP contribution in [0.2, 0.25) is 0 Å². The second-order valence-electron chi connectivity index (χ2n) is 6.17. The van der Waals surface area contributed by atoms with Gasteiger partial charge in [-0.05, 0) is 31.4 Å². The summed E-state index contributed by atoms with van der Waals surface area (Å²) in [5.41, 5.74) is 0.338. The summed E-state index contributed by atoms with van der Waals surface area (Å²) in [5, 5.41) is 14.4. The predicted octanol–water partition coefficient (Wildman–Crippen LogP) is 3.01. The molecule has 0 fully saturated rings. The molecule has 2 N–H and O–H groups in total. The number of thioether (sulfide) groups is 1. The van der Waals surface area contributed by atoms with Gasteiger partial charge in [-0.2, -0.15) is 11.8 Å². The van der Waals surface area contributed by atoms with Crippen LogP contribution in [0.5, 0.6) is 5.75 Å². The molecule has 1 heterocycles. The molecule has 2 rings (SSSR count). The number of aromatic nitrogens is 3. The zero-order chi connectivity index (χ0) is 21.3. The van der Waals surface area contributed by atoms with E-state index in [0.29, 0.717) is 24.6 Å². The number of hydrogen-bond donors (Lipinski definition) is 2. The van der Waals surface area contributed by atoms with E-state index >= 15 is 0 Å². The lowest BCUT2D eigenvalue weighted by Crippen LogP contribution is -2.38. The fraction of sp³-hybridized carbons (Fsp3) is 0.500. The first-order valence-corrected chi connectivity index (χ1v) is 10.4. The van der Waals surface area contributed by atoms with Gasteiger partial charge in [0.05, 0.1) is 13.1 Å². The largest absolute Gasteiger partial charge is 0.573 e. The van der Waals surface area contributed by atoms with E-state index < -0.39 is 6.36 Å². The van der Waals surface area contributed by atoms with Gasteiger partial charge in [0, 0.05) is 19.2 Å². The summed E-state index contributed by atoms with van der Waals surface area (Å²) in [7, 11) is 1.86. The van der Waals surface area contributed by atoms with Crippen molar-refractivity contribution >= 4 is 17.7 Å². The second-order valence-corrected chi connectivity index (χ2v) is 7.16. The summed E-state index contributed by atoms with van der Waals surface area (Å²) in [6.45, 7) is 2.95. The second kappa shape index (κ2) is 10.9. The number of benzene rings is 1. The van der Waals surface area contributed by atoms with E-state index in [1.54, 1.807) is 23.9 Å². The van der Waals surface area contributed by atoms with E-state index in [2.05, 4.69) is 30.6 Å². The Morgan fingerprint density at radius 2 is 2.00 bits per heavy atom. The van der Waals surface area contributed by atoms with E-state index in [9.17, 15) is 13.2 Å². The van der Waals surface area contributed by atoms with E-state index in [0.717, 1.165) is 23.8 Å². The maximum atomic E-state index is 12.6. The lowest BCUT2D eigenvalue weighted by atomic mass is 10.2. The Bertz CT molecular complexity index is 809. The highest BCUT2D eigenvalue weighted by Crippen LogP contribution is 2.26. The highest BCUT2D eigenvalue weighted by Gasteiger charge is 2.31. The van der Waals surface area contributed by atoms with Crippen molar-refractivity contribution in [2.75, 3.05) is 18.6 Å². The average molecular weight is 431 g/mol. The molecule has 0 radical (unpaired) electrons. The molecule has 29 heavy (non-hydrogen) atoms. The van der Waals surface area contributed by atoms with Crippen LogP contribution in [0.3, 0.4) is 0 Å². The van der Waals surface area contributed by atoms with Crippen LogP contribution in [-0.4, -0.2) is 45.6 Å². The number of aryl methyl sites for hydroxylation is 1. The van der Waals surface area contributed by atoms with Gasteiger partial charge in [0.15, 0.2) is 11.8 Å². The Kier molecular flexibility index (Phi) is 8.62. The van der Waals surface area contributed by atoms with Gasteiger partial charge in [-0.25, -0.2) is 4.99 Å². The van der Waals surface area contributed by atoms with Crippen molar-refractivity contribution in [1.29, 1.82) is 0 Å². The van der Waals surface area contributed by atoms with Crippen molar-refractivity contribution in [3.05, 3.63) is 41.5 Å². The third-order valence-electron chi connectivity index (χ3n) is 4.02. The van der Waals surface area contributed by atoms with Gasteiger partial charge in [-0.15, -0.1) is 23.4 Å². The van der Waals surface area contributed by atoms with Crippen LogP contribution in [0, 0.1) is 6.92 Å².